The maximum Gasteiger partial charge on any atom is 0.309 e. The number of carbonyl (C=O) groups is 1. The minimum atomic E-state index is -0.117. The van der Waals surface area contributed by atoms with Crippen molar-refractivity contribution in [3.8, 4) is 0 Å². The number of nitrogens with one attached hydrogen (secondary N) is 1. The van der Waals surface area contributed by atoms with Gasteiger partial charge in [-0.1, -0.05) is 18.2 Å². The van der Waals surface area contributed by atoms with Gasteiger partial charge in [0.15, 0.2) is 11.6 Å². The third-order valence-electron chi connectivity index (χ3n) is 5.16. The second kappa shape index (κ2) is 8.30. The van der Waals surface area contributed by atoms with Gasteiger partial charge in [0.05, 0.1) is 23.7 Å². The number of piperidine rings is 1. The molecule has 3 heterocycles. The van der Waals surface area contributed by atoms with Crippen molar-refractivity contribution in [3.63, 3.8) is 0 Å². The Kier molecular flexibility index (Phi) is 5.41. The molecule has 0 bridgehead atoms. The van der Waals surface area contributed by atoms with Crippen LogP contribution in [0.5, 0.6) is 0 Å². The minimum absolute atomic E-state index is 0.0615. The fraction of sp³-hybridized carbons (Fsp3) is 0.333. The van der Waals surface area contributed by atoms with Crippen LogP contribution in [0.4, 0.5) is 23.0 Å². The highest BCUT2D eigenvalue weighted by Gasteiger charge is 2.28. The largest absolute Gasteiger partial charge is 0.466 e. The summed E-state index contributed by atoms with van der Waals surface area (Å²) in [5, 5.41) is 4.33. The Morgan fingerprint density at radius 2 is 2.00 bits per heavy atom. The molecular weight excluding hydrogens is 368 g/mol. The van der Waals surface area contributed by atoms with Crippen molar-refractivity contribution in [1.82, 2.24) is 15.0 Å². The van der Waals surface area contributed by atoms with Crippen molar-refractivity contribution in [2.75, 3.05) is 35.6 Å². The average Bonchev–Trinajstić information content (AvgIpc) is 2.76. The summed E-state index contributed by atoms with van der Waals surface area (Å²) in [6.45, 7) is 3.63. The van der Waals surface area contributed by atoms with E-state index in [2.05, 4.69) is 25.2 Å². The normalized spacial score (nSPS) is 14.7. The van der Waals surface area contributed by atoms with Crippen molar-refractivity contribution >= 4 is 39.9 Å². The Morgan fingerprint density at radius 3 is 2.79 bits per heavy atom. The lowest BCUT2D eigenvalue weighted by Crippen LogP contribution is -2.37. The van der Waals surface area contributed by atoms with E-state index in [1.807, 2.05) is 37.3 Å². The molecule has 29 heavy (non-hydrogen) atoms. The number of nitrogens with zero attached hydrogens (tertiary/aromatic N) is 4. The molecule has 2 aromatic heterocycles. The zero-order valence-electron chi connectivity index (χ0n) is 16.3. The number of aromatic nitrogens is 3. The summed E-state index contributed by atoms with van der Waals surface area (Å²) in [5.41, 5.74) is 8.57. The number of anilines is 4. The molecule has 0 amide bonds. The Morgan fingerprint density at radius 1 is 1.21 bits per heavy atom. The number of para-hydroxylation sites is 1. The molecular formula is C21H24N6O2. The number of ether oxygens (including phenoxy) is 1. The van der Waals surface area contributed by atoms with E-state index < -0.39 is 0 Å². The first-order valence-corrected chi connectivity index (χ1v) is 9.80. The number of hydrogen-bond donors (Lipinski definition) is 2. The maximum atomic E-state index is 12.0. The quantitative estimate of drug-likeness (QED) is 0.638. The van der Waals surface area contributed by atoms with E-state index in [0.717, 1.165) is 29.4 Å². The molecule has 4 rings (SSSR count). The number of esters is 1. The van der Waals surface area contributed by atoms with Crippen LogP contribution in [0.1, 0.15) is 19.8 Å². The third kappa shape index (κ3) is 3.91. The predicted molar refractivity (Wildman–Crippen MR) is 113 cm³/mol. The summed E-state index contributed by atoms with van der Waals surface area (Å²) in [6.07, 6.45) is 4.70. The van der Waals surface area contributed by atoms with Crippen molar-refractivity contribution in [1.29, 1.82) is 0 Å². The predicted octanol–water partition coefficient (Wildman–Crippen LogP) is 3.13. The second-order valence-corrected chi connectivity index (χ2v) is 6.98. The molecule has 0 aliphatic carbocycles. The van der Waals surface area contributed by atoms with Gasteiger partial charge in [-0.05, 0) is 31.9 Å². The fourth-order valence-electron chi connectivity index (χ4n) is 3.66. The van der Waals surface area contributed by atoms with Crippen LogP contribution in [0.2, 0.25) is 0 Å². The fourth-order valence-corrected chi connectivity index (χ4v) is 3.66. The molecule has 0 radical (unpaired) electrons. The molecule has 0 unspecified atom stereocenters. The van der Waals surface area contributed by atoms with Crippen LogP contribution < -0.4 is 16.0 Å². The summed E-state index contributed by atoms with van der Waals surface area (Å²) in [6, 6.07) is 9.83. The van der Waals surface area contributed by atoms with Gasteiger partial charge >= 0.3 is 5.97 Å². The highest BCUT2D eigenvalue weighted by Crippen LogP contribution is 2.32. The topological polar surface area (TPSA) is 106 Å². The van der Waals surface area contributed by atoms with Crippen LogP contribution >= 0.6 is 0 Å². The number of pyridine rings is 1. The Hall–Kier alpha value is -3.42. The van der Waals surface area contributed by atoms with Crippen molar-refractivity contribution in [3.05, 3.63) is 42.9 Å². The van der Waals surface area contributed by atoms with E-state index >= 15 is 0 Å². The van der Waals surface area contributed by atoms with Gasteiger partial charge in [0.1, 0.15) is 12.0 Å². The van der Waals surface area contributed by atoms with E-state index in [-0.39, 0.29) is 11.9 Å². The van der Waals surface area contributed by atoms with E-state index in [1.54, 1.807) is 6.20 Å². The van der Waals surface area contributed by atoms with Crippen molar-refractivity contribution in [2.45, 2.75) is 19.8 Å². The Bertz CT molecular complexity index is 1010. The first-order valence-electron chi connectivity index (χ1n) is 9.80. The smallest absolute Gasteiger partial charge is 0.309 e. The van der Waals surface area contributed by atoms with Crippen molar-refractivity contribution < 1.29 is 9.53 Å². The summed E-state index contributed by atoms with van der Waals surface area (Å²) < 4.78 is 5.14. The summed E-state index contributed by atoms with van der Waals surface area (Å²) in [4.78, 5) is 27.2. The van der Waals surface area contributed by atoms with Crippen LogP contribution in [0.3, 0.4) is 0 Å². The van der Waals surface area contributed by atoms with Gasteiger partial charge in [-0.15, -0.1) is 0 Å². The van der Waals surface area contributed by atoms with Gasteiger partial charge in [-0.25, -0.2) is 9.97 Å². The maximum absolute atomic E-state index is 12.0. The Labute approximate surface area is 169 Å². The second-order valence-electron chi connectivity index (χ2n) is 6.98. The monoisotopic (exact) mass is 392 g/mol. The van der Waals surface area contributed by atoms with E-state index in [9.17, 15) is 4.79 Å². The number of fused-ring (bicyclic) bond motifs is 1. The van der Waals surface area contributed by atoms with Crippen LogP contribution in [0.15, 0.2) is 42.9 Å². The minimum Gasteiger partial charge on any atom is -0.466 e. The lowest BCUT2D eigenvalue weighted by atomic mass is 9.97. The van der Waals surface area contributed by atoms with Gasteiger partial charge in [-0.2, -0.15) is 0 Å². The van der Waals surface area contributed by atoms with E-state index in [0.29, 0.717) is 37.0 Å². The number of nitrogens with two attached hydrogens (primary N) is 1. The molecule has 1 saturated heterocycles. The van der Waals surface area contributed by atoms with Gasteiger partial charge in [0, 0.05) is 24.7 Å². The van der Waals surface area contributed by atoms with Gasteiger partial charge in [0.2, 0.25) is 0 Å². The zero-order chi connectivity index (χ0) is 20.2. The first-order chi connectivity index (χ1) is 14.2. The van der Waals surface area contributed by atoms with Crippen LogP contribution in [-0.2, 0) is 9.53 Å². The van der Waals surface area contributed by atoms with Crippen LogP contribution in [0.25, 0.3) is 10.9 Å². The summed E-state index contributed by atoms with van der Waals surface area (Å²) in [5.74, 6) is 1.04. The van der Waals surface area contributed by atoms with E-state index in [4.69, 9.17) is 10.5 Å². The van der Waals surface area contributed by atoms with Crippen LogP contribution in [0, 0.1) is 5.92 Å². The number of hydrogen-bond acceptors (Lipinski definition) is 8. The zero-order valence-corrected chi connectivity index (χ0v) is 16.3. The molecule has 1 fully saturated rings. The molecule has 8 heteroatoms. The molecule has 1 aromatic carbocycles. The molecule has 1 aliphatic rings. The standard InChI is InChI=1S/C21H24N6O2/c1-2-29-21(28)15-8-11-27(12-9-15)20-17(22)19(24-13-25-20)26-16-7-3-5-14-6-4-10-23-18(14)16/h3-7,10,13,15H,2,8-9,11-12,22H2,1H3,(H,24,25,26). The molecule has 0 atom stereocenters. The Balaban J connectivity index is 1.53. The first kappa shape index (κ1) is 18.9. The van der Waals surface area contributed by atoms with Gasteiger partial charge in [0.25, 0.3) is 0 Å². The summed E-state index contributed by atoms with van der Waals surface area (Å²) in [7, 11) is 0. The molecule has 150 valence electrons. The van der Waals surface area contributed by atoms with Gasteiger partial charge < -0.3 is 20.7 Å². The summed E-state index contributed by atoms with van der Waals surface area (Å²) >= 11 is 0. The third-order valence-corrected chi connectivity index (χ3v) is 5.16. The molecule has 3 N–H and O–H groups in total. The SMILES string of the molecule is CCOC(=O)C1CCN(c2ncnc(Nc3cccc4cccnc34)c2N)CC1. The highest BCUT2D eigenvalue weighted by atomic mass is 16.5. The average molecular weight is 392 g/mol. The van der Waals surface area contributed by atoms with Crippen molar-refractivity contribution in [2.24, 2.45) is 5.92 Å². The molecule has 3 aromatic rings. The number of benzene rings is 1. The van der Waals surface area contributed by atoms with Gasteiger partial charge in [-0.3, -0.25) is 9.78 Å². The number of nitrogen functional groups attached to an aromatic ring is 1. The number of rotatable bonds is 5. The molecule has 8 nitrogen and oxygen atoms in total. The lowest BCUT2D eigenvalue weighted by Gasteiger charge is -2.32. The molecule has 1 aliphatic heterocycles. The van der Waals surface area contributed by atoms with Crippen LogP contribution in [-0.4, -0.2) is 40.6 Å². The highest BCUT2D eigenvalue weighted by molar-refractivity contribution is 5.93. The molecule has 0 saturated carbocycles. The number of carbonyl (C=O) groups excluding carboxylic acids is 1. The molecule has 0 spiro atoms. The lowest BCUT2D eigenvalue weighted by molar-refractivity contribution is -0.148. The van der Waals surface area contributed by atoms with E-state index in [1.165, 1.54) is 6.33 Å².